The molecule has 13 heavy (non-hydrogen) atoms. The van der Waals surface area contributed by atoms with Crippen molar-refractivity contribution in [3.63, 3.8) is 0 Å². The van der Waals surface area contributed by atoms with Crippen LogP contribution in [0, 0.1) is 0 Å². The van der Waals surface area contributed by atoms with E-state index >= 15 is 0 Å². The van der Waals surface area contributed by atoms with Gasteiger partial charge in [-0.05, 0) is 24.1 Å². The predicted octanol–water partition coefficient (Wildman–Crippen LogP) is 1.36. The molecular weight excluding hydrogens is 166 g/mol. The highest BCUT2D eigenvalue weighted by Gasteiger charge is 1.90. The van der Waals surface area contributed by atoms with Crippen LogP contribution in [0.4, 0.5) is 0 Å². The first-order valence-corrected chi connectivity index (χ1v) is 4.06. The Morgan fingerprint density at radius 1 is 1.54 bits per heavy atom. The van der Waals surface area contributed by atoms with Gasteiger partial charge in [0.25, 0.3) is 0 Å². The summed E-state index contributed by atoms with van der Waals surface area (Å²) in [5, 5.41) is 0. The molecule has 3 heteroatoms. The number of hydrogen-bond acceptors (Lipinski definition) is 2. The molecule has 0 atom stereocenters. The molecule has 0 spiro atoms. The van der Waals surface area contributed by atoms with Crippen molar-refractivity contribution >= 4 is 6.41 Å². The maximum absolute atomic E-state index is 8.58. The van der Waals surface area contributed by atoms with Crippen LogP contribution in [-0.4, -0.2) is 13.5 Å². The zero-order valence-electron chi connectivity index (χ0n) is 7.99. The van der Waals surface area contributed by atoms with Crippen LogP contribution in [-0.2, 0) is 11.2 Å². The van der Waals surface area contributed by atoms with Gasteiger partial charge in [0.2, 0.25) is 6.41 Å². The van der Waals surface area contributed by atoms with Crippen molar-refractivity contribution in [3.05, 3.63) is 29.8 Å². The molecule has 1 rings (SSSR count). The molecular formula is C10H15NO2. The second kappa shape index (κ2) is 7.16. The molecule has 1 aromatic rings. The molecule has 0 fully saturated rings. The Labute approximate surface area is 78.5 Å². The molecule has 3 nitrogen and oxygen atoms in total. The number of primary amides is 1. The smallest absolute Gasteiger partial charge is 0.204 e. The third-order valence-corrected chi connectivity index (χ3v) is 1.54. The maximum atomic E-state index is 8.58. The van der Waals surface area contributed by atoms with Gasteiger partial charge in [-0.3, -0.25) is 4.79 Å². The molecule has 0 aromatic heterocycles. The van der Waals surface area contributed by atoms with Crippen LogP contribution in [0.3, 0.4) is 0 Å². The molecule has 0 aliphatic carbocycles. The number of carbonyl (C=O) groups is 1. The third kappa shape index (κ3) is 4.85. The fourth-order valence-corrected chi connectivity index (χ4v) is 0.892. The Balaban J connectivity index is 0.000000424. The summed E-state index contributed by atoms with van der Waals surface area (Å²) in [5.74, 6) is 0.944. The van der Waals surface area contributed by atoms with Crippen LogP contribution in [0.2, 0.25) is 0 Å². The lowest BCUT2D eigenvalue weighted by molar-refractivity contribution is -0.106. The summed E-state index contributed by atoms with van der Waals surface area (Å²) in [7, 11) is 1.69. The minimum Gasteiger partial charge on any atom is -0.497 e. The van der Waals surface area contributed by atoms with Crippen LogP contribution in [0.5, 0.6) is 5.75 Å². The van der Waals surface area contributed by atoms with E-state index in [4.69, 9.17) is 9.53 Å². The minimum atomic E-state index is 0.250. The van der Waals surface area contributed by atoms with E-state index in [-0.39, 0.29) is 6.41 Å². The van der Waals surface area contributed by atoms with Crippen LogP contribution >= 0.6 is 0 Å². The SMILES string of the molecule is CCc1cccc(OC)c1.NC=O. The van der Waals surface area contributed by atoms with Gasteiger partial charge in [-0.1, -0.05) is 19.1 Å². The first-order chi connectivity index (χ1) is 6.28. The number of hydrogen-bond donors (Lipinski definition) is 1. The summed E-state index contributed by atoms with van der Waals surface area (Å²) in [4.78, 5) is 8.58. The van der Waals surface area contributed by atoms with E-state index in [0.29, 0.717) is 0 Å². The zero-order valence-corrected chi connectivity index (χ0v) is 7.99. The molecule has 72 valence electrons. The van der Waals surface area contributed by atoms with Gasteiger partial charge in [0.1, 0.15) is 5.75 Å². The molecule has 1 amide bonds. The molecule has 0 radical (unpaired) electrons. The summed E-state index contributed by atoms with van der Waals surface area (Å²) in [6.07, 6.45) is 1.32. The molecule has 0 aliphatic heterocycles. The Kier molecular flexibility index (Phi) is 6.32. The summed E-state index contributed by atoms with van der Waals surface area (Å²) < 4.78 is 5.06. The van der Waals surface area contributed by atoms with E-state index < -0.39 is 0 Å². The second-order valence-corrected chi connectivity index (χ2v) is 2.34. The van der Waals surface area contributed by atoms with E-state index in [2.05, 4.69) is 24.8 Å². The summed E-state index contributed by atoms with van der Waals surface area (Å²) in [5.41, 5.74) is 5.49. The fourth-order valence-electron chi connectivity index (χ4n) is 0.892. The Morgan fingerprint density at radius 3 is 2.62 bits per heavy atom. The number of methoxy groups -OCH3 is 1. The topological polar surface area (TPSA) is 52.3 Å². The highest BCUT2D eigenvalue weighted by molar-refractivity contribution is 5.42. The van der Waals surface area contributed by atoms with E-state index in [0.717, 1.165) is 12.2 Å². The number of rotatable bonds is 2. The van der Waals surface area contributed by atoms with Crippen molar-refractivity contribution in [1.82, 2.24) is 0 Å². The molecule has 0 unspecified atom stereocenters. The Hall–Kier alpha value is -1.51. The van der Waals surface area contributed by atoms with Gasteiger partial charge in [0, 0.05) is 0 Å². The normalized spacial score (nSPS) is 8.15. The van der Waals surface area contributed by atoms with Gasteiger partial charge in [-0.25, -0.2) is 0 Å². The number of amides is 1. The second-order valence-electron chi connectivity index (χ2n) is 2.34. The van der Waals surface area contributed by atoms with E-state index in [9.17, 15) is 0 Å². The molecule has 0 saturated carbocycles. The lowest BCUT2D eigenvalue weighted by Gasteiger charge is -2.00. The van der Waals surface area contributed by atoms with Crippen LogP contribution < -0.4 is 10.5 Å². The monoisotopic (exact) mass is 181 g/mol. The van der Waals surface area contributed by atoms with Gasteiger partial charge in [0.05, 0.1) is 7.11 Å². The number of nitrogens with two attached hydrogens (primary N) is 1. The number of carbonyl (C=O) groups excluding carboxylic acids is 1. The van der Waals surface area contributed by atoms with Crippen molar-refractivity contribution < 1.29 is 9.53 Å². The first-order valence-electron chi connectivity index (χ1n) is 4.06. The lowest BCUT2D eigenvalue weighted by atomic mass is 10.2. The quantitative estimate of drug-likeness (QED) is 0.700. The number of ether oxygens (including phenoxy) is 1. The van der Waals surface area contributed by atoms with Crippen LogP contribution in [0.15, 0.2) is 24.3 Å². The highest BCUT2D eigenvalue weighted by Crippen LogP contribution is 2.12. The van der Waals surface area contributed by atoms with Gasteiger partial charge in [0.15, 0.2) is 0 Å². The van der Waals surface area contributed by atoms with Gasteiger partial charge < -0.3 is 10.5 Å². The largest absolute Gasteiger partial charge is 0.497 e. The first kappa shape index (κ1) is 11.5. The molecule has 0 aliphatic rings. The average Bonchev–Trinajstić information content (AvgIpc) is 2.19. The standard InChI is InChI=1S/C9H12O.CH3NO/c1-3-8-5-4-6-9(7-8)10-2;2-1-3/h4-7H,3H2,1-2H3;1H,(H2,2,3). The molecule has 0 heterocycles. The maximum Gasteiger partial charge on any atom is 0.204 e. The summed E-state index contributed by atoms with van der Waals surface area (Å²) in [6, 6.07) is 8.12. The van der Waals surface area contributed by atoms with Crippen molar-refractivity contribution in [2.75, 3.05) is 7.11 Å². The molecule has 2 N–H and O–H groups in total. The van der Waals surface area contributed by atoms with E-state index in [1.54, 1.807) is 7.11 Å². The molecule has 0 saturated heterocycles. The Bertz CT molecular complexity index is 229. The molecule has 0 bridgehead atoms. The predicted molar refractivity (Wildman–Crippen MR) is 52.6 cm³/mol. The zero-order chi connectivity index (χ0) is 10.1. The van der Waals surface area contributed by atoms with Gasteiger partial charge in [-0.2, -0.15) is 0 Å². The van der Waals surface area contributed by atoms with Gasteiger partial charge >= 0.3 is 0 Å². The van der Waals surface area contributed by atoms with Crippen molar-refractivity contribution in [1.29, 1.82) is 0 Å². The van der Waals surface area contributed by atoms with Crippen LogP contribution in [0.1, 0.15) is 12.5 Å². The summed E-state index contributed by atoms with van der Waals surface area (Å²) in [6.45, 7) is 2.13. The average molecular weight is 181 g/mol. The fraction of sp³-hybridized carbons (Fsp3) is 0.300. The van der Waals surface area contributed by atoms with Crippen LogP contribution in [0.25, 0.3) is 0 Å². The van der Waals surface area contributed by atoms with Gasteiger partial charge in [-0.15, -0.1) is 0 Å². The third-order valence-electron chi connectivity index (χ3n) is 1.54. The van der Waals surface area contributed by atoms with E-state index in [1.165, 1.54) is 5.56 Å². The number of aryl methyl sites for hydroxylation is 1. The molecule has 1 aromatic carbocycles. The highest BCUT2D eigenvalue weighted by atomic mass is 16.5. The lowest BCUT2D eigenvalue weighted by Crippen LogP contribution is -1.84. The summed E-state index contributed by atoms with van der Waals surface area (Å²) >= 11 is 0. The number of benzene rings is 1. The Morgan fingerprint density at radius 2 is 2.15 bits per heavy atom. The van der Waals surface area contributed by atoms with Crippen molar-refractivity contribution in [3.8, 4) is 5.75 Å². The van der Waals surface area contributed by atoms with E-state index in [1.807, 2.05) is 12.1 Å². The van der Waals surface area contributed by atoms with Crippen molar-refractivity contribution in [2.45, 2.75) is 13.3 Å². The van der Waals surface area contributed by atoms with Crippen molar-refractivity contribution in [2.24, 2.45) is 5.73 Å². The minimum absolute atomic E-state index is 0.250.